The van der Waals surface area contributed by atoms with E-state index in [1.165, 1.54) is 0 Å². The maximum absolute atomic E-state index is 11.8. The Kier molecular flexibility index (Phi) is 6.53. The quantitative estimate of drug-likeness (QED) is 0.709. The summed E-state index contributed by atoms with van der Waals surface area (Å²) in [5.41, 5.74) is -4.10. The van der Waals surface area contributed by atoms with E-state index in [4.69, 9.17) is 4.74 Å². The number of thioether (sulfide) groups is 1. The highest BCUT2D eigenvalue weighted by Crippen LogP contribution is 2.29. The second-order valence-electron chi connectivity index (χ2n) is 3.82. The molecule has 0 aromatic heterocycles. The maximum Gasteiger partial charge on any atom is 0.441 e. The van der Waals surface area contributed by atoms with Crippen LogP contribution in [0.2, 0.25) is 0 Å². The van der Waals surface area contributed by atoms with Gasteiger partial charge in [-0.25, -0.2) is 0 Å². The first-order valence-corrected chi connectivity index (χ1v) is 6.59. The largest absolute Gasteiger partial charge is 0.441 e. The van der Waals surface area contributed by atoms with Crippen molar-refractivity contribution in [2.24, 2.45) is 0 Å². The minimum Gasteiger partial charge on any atom is -0.378 e. The van der Waals surface area contributed by atoms with Crippen LogP contribution in [0.1, 0.15) is 25.7 Å². The van der Waals surface area contributed by atoms with Gasteiger partial charge in [-0.05, 0) is 44.0 Å². The fourth-order valence-corrected chi connectivity index (χ4v) is 2.17. The molecule has 0 bridgehead atoms. The summed E-state index contributed by atoms with van der Waals surface area (Å²) >= 11 is 0.0297. The van der Waals surface area contributed by atoms with Crippen LogP contribution < -0.4 is 5.32 Å². The lowest BCUT2D eigenvalue weighted by molar-refractivity contribution is -0.0327. The minimum absolute atomic E-state index is 0.0297. The highest BCUT2D eigenvalue weighted by Gasteiger charge is 2.27. The molecule has 1 saturated heterocycles. The van der Waals surface area contributed by atoms with Gasteiger partial charge in [0.2, 0.25) is 0 Å². The normalized spacial score (nSPS) is 21.6. The summed E-state index contributed by atoms with van der Waals surface area (Å²) < 4.78 is 40.7. The molecule has 1 N–H and O–H groups in total. The van der Waals surface area contributed by atoms with Gasteiger partial charge < -0.3 is 10.1 Å². The monoisotopic (exact) mass is 257 g/mol. The summed E-state index contributed by atoms with van der Waals surface area (Å²) in [4.78, 5) is 0. The van der Waals surface area contributed by atoms with E-state index in [1.54, 1.807) is 0 Å². The first kappa shape index (κ1) is 14.1. The Bertz CT molecular complexity index is 183. The van der Waals surface area contributed by atoms with E-state index in [0.29, 0.717) is 12.6 Å². The van der Waals surface area contributed by atoms with Crippen molar-refractivity contribution in [3.63, 3.8) is 0 Å². The first-order valence-electron chi connectivity index (χ1n) is 5.61. The fraction of sp³-hybridized carbons (Fsp3) is 1.00. The molecular weight excluding hydrogens is 239 g/mol. The number of halogens is 3. The molecule has 2 nitrogen and oxygen atoms in total. The number of alkyl halides is 3. The van der Waals surface area contributed by atoms with Crippen LogP contribution in [0.4, 0.5) is 13.2 Å². The Hall–Kier alpha value is 0.0600. The molecular formula is C10H18F3NOS. The molecule has 96 valence electrons. The lowest BCUT2D eigenvalue weighted by Gasteiger charge is -2.09. The molecule has 1 unspecified atom stereocenters. The van der Waals surface area contributed by atoms with Gasteiger partial charge in [0.25, 0.3) is 0 Å². The molecule has 6 heteroatoms. The maximum atomic E-state index is 11.8. The topological polar surface area (TPSA) is 21.3 Å². The van der Waals surface area contributed by atoms with Gasteiger partial charge in [-0.2, -0.15) is 13.2 Å². The van der Waals surface area contributed by atoms with Crippen molar-refractivity contribution >= 4 is 11.8 Å². The van der Waals surface area contributed by atoms with Crippen LogP contribution in [0, 0.1) is 0 Å². The Morgan fingerprint density at radius 1 is 1.31 bits per heavy atom. The highest BCUT2D eigenvalue weighted by atomic mass is 32.2. The van der Waals surface area contributed by atoms with Crippen molar-refractivity contribution in [2.75, 3.05) is 25.4 Å². The summed E-state index contributed by atoms with van der Waals surface area (Å²) in [6.45, 7) is 2.05. The van der Waals surface area contributed by atoms with Crippen LogP contribution in [0.3, 0.4) is 0 Å². The zero-order valence-corrected chi connectivity index (χ0v) is 10.0. The van der Waals surface area contributed by atoms with E-state index >= 15 is 0 Å². The molecule has 0 aromatic rings. The van der Waals surface area contributed by atoms with E-state index in [1.807, 2.05) is 0 Å². The van der Waals surface area contributed by atoms with E-state index in [-0.39, 0.29) is 17.5 Å². The molecule has 1 aliphatic rings. The van der Waals surface area contributed by atoms with E-state index < -0.39 is 5.51 Å². The molecule has 0 radical (unpaired) electrons. The molecule has 0 amide bonds. The Morgan fingerprint density at radius 2 is 2.12 bits per heavy atom. The van der Waals surface area contributed by atoms with Crippen molar-refractivity contribution in [1.29, 1.82) is 0 Å². The predicted molar refractivity (Wildman–Crippen MR) is 59.6 cm³/mol. The van der Waals surface area contributed by atoms with E-state index in [0.717, 1.165) is 38.8 Å². The van der Waals surface area contributed by atoms with Crippen LogP contribution in [0.15, 0.2) is 0 Å². The summed E-state index contributed by atoms with van der Waals surface area (Å²) in [6.07, 6.45) is 4.64. The zero-order valence-electron chi connectivity index (χ0n) is 9.18. The standard InChI is InChI=1S/C10H18F3NOS/c11-10(12,13)16-8-6-14-5-1-3-9-4-2-7-15-9/h9,14H,1-8H2. The summed E-state index contributed by atoms with van der Waals surface area (Å²) in [7, 11) is 0. The summed E-state index contributed by atoms with van der Waals surface area (Å²) in [6, 6.07) is 0. The summed E-state index contributed by atoms with van der Waals surface area (Å²) in [5, 5.41) is 3.01. The van der Waals surface area contributed by atoms with Gasteiger partial charge >= 0.3 is 5.51 Å². The molecule has 0 aliphatic carbocycles. The average molecular weight is 257 g/mol. The van der Waals surface area contributed by atoms with Crippen molar-refractivity contribution in [3.8, 4) is 0 Å². The molecule has 1 rings (SSSR count). The number of hydrogen-bond donors (Lipinski definition) is 1. The van der Waals surface area contributed by atoms with Crippen LogP contribution >= 0.6 is 11.8 Å². The van der Waals surface area contributed by atoms with Crippen LogP contribution in [0.5, 0.6) is 0 Å². The number of hydrogen-bond acceptors (Lipinski definition) is 3. The SMILES string of the molecule is FC(F)(F)SCCNCCCC1CCCO1. The number of ether oxygens (including phenoxy) is 1. The van der Waals surface area contributed by atoms with Gasteiger partial charge in [-0.15, -0.1) is 0 Å². The van der Waals surface area contributed by atoms with Gasteiger partial charge in [-0.1, -0.05) is 0 Å². The molecule has 0 saturated carbocycles. The molecule has 0 aromatic carbocycles. The molecule has 1 aliphatic heterocycles. The van der Waals surface area contributed by atoms with Crippen molar-refractivity contribution < 1.29 is 17.9 Å². The van der Waals surface area contributed by atoms with Crippen LogP contribution in [-0.2, 0) is 4.74 Å². The van der Waals surface area contributed by atoms with Crippen molar-refractivity contribution in [3.05, 3.63) is 0 Å². The van der Waals surface area contributed by atoms with Gasteiger partial charge in [0, 0.05) is 18.9 Å². The Balaban J connectivity index is 1.81. The second kappa shape index (κ2) is 7.40. The lowest BCUT2D eigenvalue weighted by Crippen LogP contribution is -2.21. The molecule has 1 fully saturated rings. The fourth-order valence-electron chi connectivity index (χ4n) is 1.69. The highest BCUT2D eigenvalue weighted by molar-refractivity contribution is 8.00. The molecule has 1 atom stereocenters. The molecule has 0 spiro atoms. The average Bonchev–Trinajstić information content (AvgIpc) is 2.67. The predicted octanol–water partition coefficient (Wildman–Crippen LogP) is 2.79. The Morgan fingerprint density at radius 3 is 2.75 bits per heavy atom. The third-order valence-corrected chi connectivity index (χ3v) is 3.18. The Labute approximate surface area is 98.3 Å². The summed E-state index contributed by atoms with van der Waals surface area (Å²) in [5.74, 6) is 0.0867. The lowest BCUT2D eigenvalue weighted by atomic mass is 10.1. The first-order chi connectivity index (χ1) is 7.58. The van der Waals surface area contributed by atoms with Gasteiger partial charge in [0.05, 0.1) is 6.10 Å². The minimum atomic E-state index is -4.10. The van der Waals surface area contributed by atoms with Gasteiger partial charge in [0.1, 0.15) is 0 Å². The second-order valence-corrected chi connectivity index (χ2v) is 4.98. The van der Waals surface area contributed by atoms with Gasteiger partial charge in [-0.3, -0.25) is 0 Å². The third kappa shape index (κ3) is 7.35. The number of nitrogens with one attached hydrogen (secondary N) is 1. The number of rotatable bonds is 7. The van der Waals surface area contributed by atoms with E-state index in [2.05, 4.69) is 5.32 Å². The van der Waals surface area contributed by atoms with Crippen LogP contribution in [0.25, 0.3) is 0 Å². The van der Waals surface area contributed by atoms with Gasteiger partial charge in [0.15, 0.2) is 0 Å². The van der Waals surface area contributed by atoms with Crippen molar-refractivity contribution in [2.45, 2.75) is 37.3 Å². The smallest absolute Gasteiger partial charge is 0.378 e. The molecule has 16 heavy (non-hydrogen) atoms. The zero-order chi connectivity index (χ0) is 11.9. The van der Waals surface area contributed by atoms with Crippen molar-refractivity contribution in [1.82, 2.24) is 5.32 Å². The molecule has 1 heterocycles. The van der Waals surface area contributed by atoms with E-state index in [9.17, 15) is 13.2 Å². The third-order valence-electron chi connectivity index (χ3n) is 2.45. The van der Waals surface area contributed by atoms with Crippen LogP contribution in [-0.4, -0.2) is 37.1 Å².